The van der Waals surface area contributed by atoms with E-state index in [0.29, 0.717) is 22.6 Å². The molecule has 0 saturated heterocycles. The molecule has 3 rings (SSSR count). The highest BCUT2D eigenvalue weighted by atomic mass is 32.1. The van der Waals surface area contributed by atoms with Gasteiger partial charge in [-0.15, -0.1) is 11.3 Å². The minimum absolute atomic E-state index is 0.163. The molecule has 2 amide bonds. The number of hydrogen-bond donors (Lipinski definition) is 2. The molecule has 8 heteroatoms. The maximum atomic E-state index is 13.7. The van der Waals surface area contributed by atoms with Crippen molar-refractivity contribution in [2.45, 2.75) is 6.92 Å². The van der Waals surface area contributed by atoms with E-state index in [1.165, 1.54) is 18.3 Å². The first-order chi connectivity index (χ1) is 12.4. The maximum absolute atomic E-state index is 13.7. The molecule has 0 aliphatic heterocycles. The fourth-order valence-corrected chi connectivity index (χ4v) is 2.94. The fourth-order valence-electron chi connectivity index (χ4n) is 2.23. The van der Waals surface area contributed by atoms with Gasteiger partial charge in [-0.25, -0.2) is 13.8 Å². The van der Waals surface area contributed by atoms with Crippen molar-refractivity contribution in [1.82, 2.24) is 4.98 Å². The van der Waals surface area contributed by atoms with Crippen LogP contribution in [0.5, 0.6) is 0 Å². The van der Waals surface area contributed by atoms with Crippen LogP contribution in [0.3, 0.4) is 0 Å². The standard InChI is InChI=1S/C18H13F2N3O2S/c1-10(24)21-13-5-2-11(3-6-13)16-9-26-18(22-16)23-17(25)14-7-4-12(19)8-15(14)20/h2-9H,1H3,(H,21,24)(H,22,23,25). The Balaban J connectivity index is 1.73. The van der Waals surface area contributed by atoms with Crippen LogP contribution in [0.4, 0.5) is 19.6 Å². The van der Waals surface area contributed by atoms with Crippen molar-refractivity contribution in [3.8, 4) is 11.3 Å². The quantitative estimate of drug-likeness (QED) is 0.716. The highest BCUT2D eigenvalue weighted by molar-refractivity contribution is 7.14. The van der Waals surface area contributed by atoms with E-state index in [2.05, 4.69) is 15.6 Å². The molecule has 26 heavy (non-hydrogen) atoms. The van der Waals surface area contributed by atoms with E-state index in [4.69, 9.17) is 0 Å². The molecule has 0 atom stereocenters. The summed E-state index contributed by atoms with van der Waals surface area (Å²) in [7, 11) is 0. The zero-order chi connectivity index (χ0) is 18.7. The third-order valence-electron chi connectivity index (χ3n) is 3.40. The molecular weight excluding hydrogens is 360 g/mol. The number of carbonyl (C=O) groups excluding carboxylic acids is 2. The van der Waals surface area contributed by atoms with Crippen LogP contribution in [0.15, 0.2) is 47.8 Å². The second kappa shape index (κ2) is 7.40. The zero-order valence-electron chi connectivity index (χ0n) is 13.5. The lowest BCUT2D eigenvalue weighted by molar-refractivity contribution is -0.114. The van der Waals surface area contributed by atoms with E-state index in [0.717, 1.165) is 17.7 Å². The molecule has 0 saturated carbocycles. The Morgan fingerprint density at radius 2 is 1.77 bits per heavy atom. The fraction of sp³-hybridized carbons (Fsp3) is 0.0556. The van der Waals surface area contributed by atoms with Gasteiger partial charge in [0.25, 0.3) is 5.91 Å². The lowest BCUT2D eigenvalue weighted by Crippen LogP contribution is -2.13. The number of anilines is 2. The van der Waals surface area contributed by atoms with Crippen LogP contribution in [0, 0.1) is 11.6 Å². The van der Waals surface area contributed by atoms with Crippen LogP contribution in [-0.4, -0.2) is 16.8 Å². The molecule has 0 radical (unpaired) electrons. The van der Waals surface area contributed by atoms with Gasteiger partial charge in [-0.3, -0.25) is 14.9 Å². The largest absolute Gasteiger partial charge is 0.326 e. The highest BCUT2D eigenvalue weighted by Crippen LogP contribution is 2.26. The summed E-state index contributed by atoms with van der Waals surface area (Å²) in [6.45, 7) is 1.42. The molecule has 3 aromatic rings. The highest BCUT2D eigenvalue weighted by Gasteiger charge is 2.14. The van der Waals surface area contributed by atoms with E-state index in [1.807, 2.05) is 0 Å². The molecule has 2 aromatic carbocycles. The van der Waals surface area contributed by atoms with Crippen molar-refractivity contribution in [3.05, 3.63) is 65.0 Å². The summed E-state index contributed by atoms with van der Waals surface area (Å²) in [5.74, 6) is -2.56. The molecule has 0 aliphatic rings. The molecule has 5 nitrogen and oxygen atoms in total. The number of halogens is 2. The summed E-state index contributed by atoms with van der Waals surface area (Å²) < 4.78 is 26.6. The summed E-state index contributed by atoms with van der Waals surface area (Å²) in [6.07, 6.45) is 0. The van der Waals surface area contributed by atoms with Crippen LogP contribution in [0.25, 0.3) is 11.3 Å². The first-order valence-corrected chi connectivity index (χ1v) is 8.40. The van der Waals surface area contributed by atoms with Gasteiger partial charge < -0.3 is 5.32 Å². The predicted octanol–water partition coefficient (Wildman–Crippen LogP) is 4.30. The summed E-state index contributed by atoms with van der Waals surface area (Å²) in [5.41, 5.74) is 1.82. The first kappa shape index (κ1) is 17.7. The Morgan fingerprint density at radius 1 is 1.04 bits per heavy atom. The minimum Gasteiger partial charge on any atom is -0.326 e. The smallest absolute Gasteiger partial charge is 0.260 e. The Labute approximate surface area is 151 Å². The van der Waals surface area contributed by atoms with Gasteiger partial charge in [0.2, 0.25) is 5.91 Å². The molecule has 0 unspecified atom stereocenters. The van der Waals surface area contributed by atoms with Crippen LogP contribution in [0.1, 0.15) is 17.3 Å². The third-order valence-corrected chi connectivity index (χ3v) is 4.16. The number of amides is 2. The molecule has 2 N–H and O–H groups in total. The van der Waals surface area contributed by atoms with Crippen LogP contribution >= 0.6 is 11.3 Å². The Morgan fingerprint density at radius 3 is 2.42 bits per heavy atom. The molecular formula is C18H13F2N3O2S. The number of rotatable bonds is 4. The Kier molecular flexibility index (Phi) is 5.04. The summed E-state index contributed by atoms with van der Waals surface area (Å²) in [6, 6.07) is 9.79. The first-order valence-electron chi connectivity index (χ1n) is 7.52. The van der Waals surface area contributed by atoms with E-state index in [9.17, 15) is 18.4 Å². The second-order valence-corrected chi connectivity index (χ2v) is 6.23. The molecule has 0 bridgehead atoms. The van der Waals surface area contributed by atoms with E-state index in [-0.39, 0.29) is 11.5 Å². The zero-order valence-corrected chi connectivity index (χ0v) is 14.4. The summed E-state index contributed by atoms with van der Waals surface area (Å²) >= 11 is 1.18. The molecule has 0 aliphatic carbocycles. The second-order valence-electron chi connectivity index (χ2n) is 5.37. The normalized spacial score (nSPS) is 10.4. The number of nitrogens with one attached hydrogen (secondary N) is 2. The molecule has 0 fully saturated rings. The van der Waals surface area contributed by atoms with Crippen molar-refractivity contribution in [1.29, 1.82) is 0 Å². The molecule has 1 aromatic heterocycles. The van der Waals surface area contributed by atoms with Gasteiger partial charge in [0, 0.05) is 29.6 Å². The van der Waals surface area contributed by atoms with Gasteiger partial charge in [0.05, 0.1) is 11.3 Å². The van der Waals surface area contributed by atoms with Gasteiger partial charge in [-0.05, 0) is 24.3 Å². The van der Waals surface area contributed by atoms with Gasteiger partial charge >= 0.3 is 0 Å². The lowest BCUT2D eigenvalue weighted by atomic mass is 10.1. The summed E-state index contributed by atoms with van der Waals surface area (Å²) in [5, 5.41) is 7.19. The maximum Gasteiger partial charge on any atom is 0.260 e. The minimum atomic E-state index is -0.937. The van der Waals surface area contributed by atoms with Crippen molar-refractivity contribution in [2.75, 3.05) is 10.6 Å². The molecule has 0 spiro atoms. The van der Waals surface area contributed by atoms with E-state index >= 15 is 0 Å². The Hall–Kier alpha value is -3.13. The van der Waals surface area contributed by atoms with Crippen molar-refractivity contribution in [2.24, 2.45) is 0 Å². The number of nitrogens with zero attached hydrogens (tertiary/aromatic N) is 1. The predicted molar refractivity (Wildman–Crippen MR) is 96.2 cm³/mol. The molecule has 1 heterocycles. The Bertz CT molecular complexity index is 971. The number of carbonyl (C=O) groups is 2. The average molecular weight is 373 g/mol. The van der Waals surface area contributed by atoms with Gasteiger partial charge in [0.1, 0.15) is 11.6 Å². The number of hydrogen-bond acceptors (Lipinski definition) is 4. The van der Waals surface area contributed by atoms with E-state index < -0.39 is 17.5 Å². The van der Waals surface area contributed by atoms with Gasteiger partial charge in [-0.1, -0.05) is 12.1 Å². The van der Waals surface area contributed by atoms with Gasteiger partial charge in [-0.2, -0.15) is 0 Å². The summed E-state index contributed by atoms with van der Waals surface area (Å²) in [4.78, 5) is 27.4. The van der Waals surface area contributed by atoms with Gasteiger partial charge in [0.15, 0.2) is 5.13 Å². The van der Waals surface area contributed by atoms with Crippen molar-refractivity contribution in [3.63, 3.8) is 0 Å². The SMILES string of the molecule is CC(=O)Nc1ccc(-c2csc(NC(=O)c3ccc(F)cc3F)n2)cc1. The number of aromatic nitrogens is 1. The van der Waals surface area contributed by atoms with Crippen molar-refractivity contribution >= 4 is 34.0 Å². The van der Waals surface area contributed by atoms with Crippen LogP contribution in [-0.2, 0) is 4.79 Å². The van der Waals surface area contributed by atoms with Crippen LogP contribution < -0.4 is 10.6 Å². The topological polar surface area (TPSA) is 71.1 Å². The van der Waals surface area contributed by atoms with Crippen molar-refractivity contribution < 1.29 is 18.4 Å². The number of thiazole rings is 1. The van der Waals surface area contributed by atoms with E-state index in [1.54, 1.807) is 29.6 Å². The molecule has 132 valence electrons. The number of benzene rings is 2. The third kappa shape index (κ3) is 4.09. The monoisotopic (exact) mass is 373 g/mol. The average Bonchev–Trinajstić information content (AvgIpc) is 3.03. The lowest BCUT2D eigenvalue weighted by Gasteiger charge is -2.04. The van der Waals surface area contributed by atoms with Crippen LogP contribution in [0.2, 0.25) is 0 Å².